The molecule has 8 nitrogen and oxygen atoms in total. The molecule has 1 aromatic heterocycles. The van der Waals surface area contributed by atoms with Crippen molar-refractivity contribution in [1.82, 2.24) is 19.8 Å². The van der Waals surface area contributed by atoms with Gasteiger partial charge in [0.05, 0.1) is 11.1 Å². The summed E-state index contributed by atoms with van der Waals surface area (Å²) < 4.78 is 0. The number of ketones is 1. The van der Waals surface area contributed by atoms with Crippen LogP contribution in [0.5, 0.6) is 0 Å². The van der Waals surface area contributed by atoms with Crippen LogP contribution in [0.3, 0.4) is 0 Å². The number of benzene rings is 1. The van der Waals surface area contributed by atoms with Gasteiger partial charge < -0.3 is 4.90 Å². The molecule has 1 saturated heterocycles. The number of anilines is 1. The lowest BCUT2D eigenvalue weighted by molar-refractivity contribution is 0.0634. The number of hydrogen-bond acceptors (Lipinski definition) is 7. The van der Waals surface area contributed by atoms with Crippen molar-refractivity contribution in [1.29, 1.82) is 0 Å². The second kappa shape index (κ2) is 7.47. The third kappa shape index (κ3) is 3.38. The molecule has 0 N–H and O–H groups in total. The number of carbonyl (C=O) groups is 3. The van der Waals surface area contributed by atoms with E-state index in [1.165, 1.54) is 11.8 Å². The molecule has 0 radical (unpaired) electrons. The summed E-state index contributed by atoms with van der Waals surface area (Å²) in [6, 6.07) is 8.56. The second-order valence-corrected chi connectivity index (χ2v) is 6.93. The van der Waals surface area contributed by atoms with Crippen LogP contribution >= 0.6 is 0 Å². The maximum Gasteiger partial charge on any atom is 0.261 e. The Morgan fingerprint density at radius 1 is 0.964 bits per heavy atom. The summed E-state index contributed by atoms with van der Waals surface area (Å²) in [5.74, 6) is 0.0540. The summed E-state index contributed by atoms with van der Waals surface area (Å²) in [5, 5.41) is 0. The third-order valence-electron chi connectivity index (χ3n) is 5.18. The average molecular weight is 379 g/mol. The molecule has 4 rings (SSSR count). The first-order valence-corrected chi connectivity index (χ1v) is 9.31. The van der Waals surface area contributed by atoms with Gasteiger partial charge in [0.25, 0.3) is 11.8 Å². The molecule has 3 heterocycles. The van der Waals surface area contributed by atoms with Gasteiger partial charge in [-0.1, -0.05) is 12.1 Å². The monoisotopic (exact) mass is 379 g/mol. The summed E-state index contributed by atoms with van der Waals surface area (Å²) in [6.07, 6.45) is 1.60. The summed E-state index contributed by atoms with van der Waals surface area (Å²) in [5.41, 5.74) is 1.39. The van der Waals surface area contributed by atoms with E-state index >= 15 is 0 Å². The first kappa shape index (κ1) is 18.2. The van der Waals surface area contributed by atoms with Gasteiger partial charge in [-0.25, -0.2) is 9.97 Å². The highest BCUT2D eigenvalue weighted by Crippen LogP contribution is 2.22. The highest BCUT2D eigenvalue weighted by molar-refractivity contribution is 6.21. The topological polar surface area (TPSA) is 86.7 Å². The Morgan fingerprint density at radius 3 is 2.21 bits per heavy atom. The van der Waals surface area contributed by atoms with Crippen molar-refractivity contribution in [3.05, 3.63) is 53.3 Å². The zero-order chi connectivity index (χ0) is 19.7. The molecule has 8 heteroatoms. The van der Waals surface area contributed by atoms with Crippen LogP contribution in [0.25, 0.3) is 0 Å². The second-order valence-electron chi connectivity index (χ2n) is 6.93. The predicted octanol–water partition coefficient (Wildman–Crippen LogP) is 1.10. The molecular weight excluding hydrogens is 358 g/mol. The average Bonchev–Trinajstić information content (AvgIpc) is 2.97. The molecule has 0 spiro atoms. The van der Waals surface area contributed by atoms with Crippen molar-refractivity contribution in [3.63, 3.8) is 0 Å². The van der Waals surface area contributed by atoms with E-state index in [0.29, 0.717) is 35.9 Å². The summed E-state index contributed by atoms with van der Waals surface area (Å²) >= 11 is 0. The standard InChI is InChI=1S/C20H21N5O3/c1-14(26)17-6-7-21-20(22-17)24-11-8-23(9-12-24)10-13-25-18(27)15-4-2-3-5-16(15)19(25)28/h2-7H,8-13H2,1H3. The van der Waals surface area contributed by atoms with Crippen LogP contribution < -0.4 is 4.90 Å². The molecule has 2 aromatic rings. The number of aromatic nitrogens is 2. The maximum absolute atomic E-state index is 12.4. The summed E-state index contributed by atoms with van der Waals surface area (Å²) in [4.78, 5) is 50.6. The van der Waals surface area contributed by atoms with Crippen molar-refractivity contribution in [2.75, 3.05) is 44.2 Å². The van der Waals surface area contributed by atoms with E-state index in [2.05, 4.69) is 14.9 Å². The minimum atomic E-state index is -0.214. The van der Waals surface area contributed by atoms with Gasteiger partial charge in [-0.05, 0) is 18.2 Å². The minimum absolute atomic E-state index is 0.0803. The molecule has 0 bridgehead atoms. The first-order valence-electron chi connectivity index (χ1n) is 9.31. The van der Waals surface area contributed by atoms with E-state index in [-0.39, 0.29) is 17.6 Å². The Labute approximate surface area is 162 Å². The van der Waals surface area contributed by atoms with Crippen molar-refractivity contribution in [2.45, 2.75) is 6.92 Å². The fourth-order valence-corrected chi connectivity index (χ4v) is 3.55. The van der Waals surface area contributed by atoms with Gasteiger partial charge in [-0.3, -0.25) is 24.2 Å². The van der Waals surface area contributed by atoms with Crippen LogP contribution in [-0.4, -0.2) is 76.6 Å². The van der Waals surface area contributed by atoms with Crippen molar-refractivity contribution in [3.8, 4) is 0 Å². The lowest BCUT2D eigenvalue weighted by Crippen LogP contribution is -2.49. The van der Waals surface area contributed by atoms with Crippen molar-refractivity contribution in [2.24, 2.45) is 0 Å². The van der Waals surface area contributed by atoms with E-state index in [1.807, 2.05) is 4.90 Å². The molecule has 1 fully saturated rings. The van der Waals surface area contributed by atoms with Crippen LogP contribution in [0.4, 0.5) is 5.95 Å². The number of rotatable bonds is 5. The molecule has 0 saturated carbocycles. The number of amides is 2. The van der Waals surface area contributed by atoms with Crippen molar-refractivity contribution >= 4 is 23.5 Å². The Balaban J connectivity index is 1.32. The Bertz CT molecular complexity index is 902. The molecule has 2 aliphatic heterocycles. The molecule has 28 heavy (non-hydrogen) atoms. The van der Waals surface area contributed by atoms with E-state index < -0.39 is 0 Å². The smallest absolute Gasteiger partial charge is 0.261 e. The highest BCUT2D eigenvalue weighted by Gasteiger charge is 2.35. The molecule has 2 aliphatic rings. The van der Waals surface area contributed by atoms with Gasteiger partial charge in [-0.2, -0.15) is 0 Å². The Hall–Kier alpha value is -3.13. The van der Waals surface area contributed by atoms with E-state index in [4.69, 9.17) is 0 Å². The number of Topliss-reactive ketones (excluding diaryl/α,β-unsaturated/α-hetero) is 1. The number of imide groups is 1. The SMILES string of the molecule is CC(=O)c1ccnc(N2CCN(CCN3C(=O)c4ccccc4C3=O)CC2)n1. The number of nitrogens with zero attached hydrogens (tertiary/aromatic N) is 5. The lowest BCUT2D eigenvalue weighted by atomic mass is 10.1. The predicted molar refractivity (Wildman–Crippen MR) is 102 cm³/mol. The van der Waals surface area contributed by atoms with Gasteiger partial charge >= 0.3 is 0 Å². The molecule has 1 aromatic carbocycles. The van der Waals surface area contributed by atoms with Crippen LogP contribution in [0.1, 0.15) is 38.1 Å². The Kier molecular flexibility index (Phi) is 4.87. The van der Waals surface area contributed by atoms with Gasteiger partial charge in [0.1, 0.15) is 5.69 Å². The van der Waals surface area contributed by atoms with Gasteiger partial charge in [0.15, 0.2) is 5.78 Å². The maximum atomic E-state index is 12.4. The zero-order valence-electron chi connectivity index (χ0n) is 15.7. The highest BCUT2D eigenvalue weighted by atomic mass is 16.2. The van der Waals surface area contributed by atoms with Gasteiger partial charge in [0.2, 0.25) is 5.95 Å². The van der Waals surface area contributed by atoms with Gasteiger partial charge in [0, 0.05) is 52.4 Å². The largest absolute Gasteiger partial charge is 0.338 e. The number of carbonyl (C=O) groups excluding carboxylic acids is 3. The first-order chi connectivity index (χ1) is 13.5. The molecule has 0 atom stereocenters. The van der Waals surface area contributed by atoms with Crippen LogP contribution in [0.2, 0.25) is 0 Å². The van der Waals surface area contributed by atoms with E-state index in [0.717, 1.165) is 26.2 Å². The van der Waals surface area contributed by atoms with Crippen LogP contribution in [-0.2, 0) is 0 Å². The third-order valence-corrected chi connectivity index (χ3v) is 5.18. The molecule has 2 amide bonds. The van der Waals surface area contributed by atoms with Crippen molar-refractivity contribution < 1.29 is 14.4 Å². The molecule has 144 valence electrons. The number of piperazine rings is 1. The van der Waals surface area contributed by atoms with E-state index in [9.17, 15) is 14.4 Å². The number of fused-ring (bicyclic) bond motifs is 1. The van der Waals surface area contributed by atoms with Gasteiger partial charge in [-0.15, -0.1) is 0 Å². The lowest BCUT2D eigenvalue weighted by Gasteiger charge is -2.35. The Morgan fingerprint density at radius 2 is 1.61 bits per heavy atom. The minimum Gasteiger partial charge on any atom is -0.338 e. The quantitative estimate of drug-likeness (QED) is 0.568. The zero-order valence-corrected chi connectivity index (χ0v) is 15.7. The summed E-state index contributed by atoms with van der Waals surface area (Å²) in [7, 11) is 0. The molecule has 0 aliphatic carbocycles. The molecule has 0 unspecified atom stereocenters. The normalized spacial score (nSPS) is 17.2. The number of hydrogen-bond donors (Lipinski definition) is 0. The van der Waals surface area contributed by atoms with Crippen LogP contribution in [0, 0.1) is 0 Å². The summed E-state index contributed by atoms with van der Waals surface area (Å²) in [6.45, 7) is 5.50. The molecular formula is C20H21N5O3. The fraction of sp³-hybridized carbons (Fsp3) is 0.350. The van der Waals surface area contributed by atoms with Crippen LogP contribution in [0.15, 0.2) is 36.5 Å². The van der Waals surface area contributed by atoms with E-state index in [1.54, 1.807) is 36.5 Å². The fourth-order valence-electron chi connectivity index (χ4n) is 3.55.